The van der Waals surface area contributed by atoms with Crippen molar-refractivity contribution in [1.82, 2.24) is 24.8 Å². The van der Waals surface area contributed by atoms with Crippen LogP contribution in [0.15, 0.2) is 79.1 Å². The number of anilines is 1. The molecule has 2 aromatic heterocycles. The number of amides is 1. The standard InChI is InChI=1S/C39H45FN6O4/c1-45(38(47)30-22-34(48-2)37(50-4)35(23-30)49-3)25-29(27-10-12-31(40)13-11-27)14-18-46-19-15-32(16-20-46)42-39-43-33-9-5-8-28(36(33)44-39)21-26-7-6-17-41-24-26/h5-13,17,22-24,29,32H,14-16,18-21,25H2,1-4H3,(H2,42,43,44). The summed E-state index contributed by atoms with van der Waals surface area (Å²) in [7, 11) is 6.37. The van der Waals surface area contributed by atoms with E-state index in [0.29, 0.717) is 35.4 Å². The van der Waals surface area contributed by atoms with Crippen LogP contribution in [0.4, 0.5) is 10.3 Å². The number of likely N-dealkylation sites (N-methyl/N-ethyl adjacent to an activating group) is 1. The minimum absolute atomic E-state index is 0.0128. The van der Waals surface area contributed by atoms with Gasteiger partial charge in [0.25, 0.3) is 5.91 Å². The van der Waals surface area contributed by atoms with Crippen molar-refractivity contribution in [2.75, 3.05) is 59.9 Å². The summed E-state index contributed by atoms with van der Waals surface area (Å²) in [4.78, 5) is 30.5. The van der Waals surface area contributed by atoms with Crippen molar-refractivity contribution in [3.63, 3.8) is 0 Å². The number of piperidine rings is 1. The van der Waals surface area contributed by atoms with Crippen LogP contribution in [0.1, 0.15) is 52.2 Å². The van der Waals surface area contributed by atoms with E-state index in [4.69, 9.17) is 19.2 Å². The first-order valence-electron chi connectivity index (χ1n) is 17.0. The molecule has 262 valence electrons. The zero-order chi connectivity index (χ0) is 35.0. The highest BCUT2D eigenvalue weighted by atomic mass is 19.1. The van der Waals surface area contributed by atoms with Crippen LogP contribution in [-0.4, -0.2) is 91.3 Å². The first-order chi connectivity index (χ1) is 24.3. The number of H-pyrrole nitrogens is 1. The van der Waals surface area contributed by atoms with Gasteiger partial charge < -0.3 is 34.3 Å². The highest BCUT2D eigenvalue weighted by Gasteiger charge is 2.25. The lowest BCUT2D eigenvalue weighted by atomic mass is 9.94. The Morgan fingerprint density at radius 2 is 1.76 bits per heavy atom. The minimum atomic E-state index is -0.280. The average Bonchev–Trinajstić information content (AvgIpc) is 3.57. The summed E-state index contributed by atoms with van der Waals surface area (Å²) in [6.07, 6.45) is 7.26. The molecule has 1 saturated heterocycles. The highest BCUT2D eigenvalue weighted by molar-refractivity contribution is 5.95. The number of imidazole rings is 1. The van der Waals surface area contributed by atoms with Crippen molar-refractivity contribution in [2.24, 2.45) is 0 Å². The van der Waals surface area contributed by atoms with Crippen molar-refractivity contribution < 1.29 is 23.4 Å². The maximum atomic E-state index is 13.9. The largest absolute Gasteiger partial charge is 0.493 e. The molecular weight excluding hydrogens is 635 g/mol. The molecule has 11 heteroatoms. The van der Waals surface area contributed by atoms with Crippen molar-refractivity contribution in [3.8, 4) is 17.2 Å². The maximum Gasteiger partial charge on any atom is 0.253 e. The molecule has 1 atom stereocenters. The Labute approximate surface area is 292 Å². The number of ether oxygens (including phenoxy) is 3. The quantitative estimate of drug-likeness (QED) is 0.136. The SMILES string of the molecule is COc1cc(C(=O)N(C)CC(CCN2CCC(Nc3nc4c(Cc5cccnc5)cccc4[nH]3)CC2)c2ccc(F)cc2)cc(OC)c1OC. The molecule has 50 heavy (non-hydrogen) atoms. The number of benzene rings is 3. The predicted octanol–water partition coefficient (Wildman–Crippen LogP) is 6.54. The second-order valence-electron chi connectivity index (χ2n) is 12.8. The first-order valence-corrected chi connectivity index (χ1v) is 17.0. The monoisotopic (exact) mass is 680 g/mol. The lowest BCUT2D eigenvalue weighted by Crippen LogP contribution is -2.40. The van der Waals surface area contributed by atoms with Gasteiger partial charge in [0.1, 0.15) is 5.82 Å². The van der Waals surface area contributed by atoms with E-state index in [1.807, 2.05) is 24.4 Å². The summed E-state index contributed by atoms with van der Waals surface area (Å²) in [5, 5.41) is 3.64. The van der Waals surface area contributed by atoms with Gasteiger partial charge in [-0.3, -0.25) is 9.78 Å². The van der Waals surface area contributed by atoms with Crippen LogP contribution in [0.25, 0.3) is 11.0 Å². The lowest BCUT2D eigenvalue weighted by molar-refractivity contribution is 0.0781. The molecule has 0 bridgehead atoms. The molecular formula is C39H45FN6O4. The van der Waals surface area contributed by atoms with E-state index >= 15 is 0 Å². The number of hydrogen-bond acceptors (Lipinski definition) is 8. The molecule has 0 radical (unpaired) electrons. The molecule has 0 saturated carbocycles. The maximum absolute atomic E-state index is 13.9. The van der Waals surface area contributed by atoms with Crippen LogP contribution in [0.5, 0.6) is 17.2 Å². The van der Waals surface area contributed by atoms with Gasteiger partial charge in [0.2, 0.25) is 11.7 Å². The molecule has 2 N–H and O–H groups in total. The fraction of sp³-hybridized carbons (Fsp3) is 0.359. The van der Waals surface area contributed by atoms with E-state index in [-0.39, 0.29) is 17.6 Å². The van der Waals surface area contributed by atoms with E-state index in [2.05, 4.69) is 44.5 Å². The number of halogens is 1. The number of methoxy groups -OCH3 is 3. The molecule has 3 heterocycles. The minimum Gasteiger partial charge on any atom is -0.493 e. The van der Waals surface area contributed by atoms with Gasteiger partial charge in [-0.1, -0.05) is 30.3 Å². The number of aromatic amines is 1. The molecule has 1 unspecified atom stereocenters. The molecule has 6 rings (SSSR count). The molecule has 10 nitrogen and oxygen atoms in total. The van der Waals surface area contributed by atoms with Crippen molar-refractivity contribution in [3.05, 3.63) is 107 Å². The van der Waals surface area contributed by atoms with Gasteiger partial charge >= 0.3 is 0 Å². The molecule has 1 aliphatic heterocycles. The van der Waals surface area contributed by atoms with Crippen LogP contribution in [0, 0.1) is 5.82 Å². The Hall–Kier alpha value is -5.16. The number of fused-ring (bicyclic) bond motifs is 1. The van der Waals surface area contributed by atoms with Crippen LogP contribution in [-0.2, 0) is 6.42 Å². The molecule has 3 aromatic carbocycles. The molecule has 1 aliphatic rings. The van der Waals surface area contributed by atoms with Crippen LogP contribution in [0.2, 0.25) is 0 Å². The average molecular weight is 681 g/mol. The molecule has 1 amide bonds. The van der Waals surface area contributed by atoms with Gasteiger partial charge in [0.15, 0.2) is 11.5 Å². The highest BCUT2D eigenvalue weighted by Crippen LogP contribution is 2.38. The number of nitrogens with one attached hydrogen (secondary N) is 2. The third-order valence-electron chi connectivity index (χ3n) is 9.53. The fourth-order valence-electron chi connectivity index (χ4n) is 6.79. The fourth-order valence-corrected chi connectivity index (χ4v) is 6.79. The molecule has 5 aromatic rings. The zero-order valence-electron chi connectivity index (χ0n) is 29.1. The Kier molecular flexibility index (Phi) is 11.1. The molecule has 0 spiro atoms. The summed E-state index contributed by atoms with van der Waals surface area (Å²) in [5.74, 6) is 1.63. The lowest BCUT2D eigenvalue weighted by Gasteiger charge is -2.33. The predicted molar refractivity (Wildman–Crippen MR) is 193 cm³/mol. The molecule has 0 aliphatic carbocycles. The van der Waals surface area contributed by atoms with Gasteiger partial charge in [-0.2, -0.15) is 0 Å². The normalized spacial score (nSPS) is 14.3. The van der Waals surface area contributed by atoms with E-state index in [1.165, 1.54) is 39.0 Å². The molecule has 1 fully saturated rings. The van der Waals surface area contributed by atoms with Crippen molar-refractivity contribution in [1.29, 1.82) is 0 Å². The number of carbonyl (C=O) groups is 1. The summed E-state index contributed by atoms with van der Waals surface area (Å²) in [6, 6.07) is 20.6. The number of hydrogen-bond donors (Lipinski definition) is 2. The van der Waals surface area contributed by atoms with E-state index < -0.39 is 0 Å². The summed E-state index contributed by atoms with van der Waals surface area (Å²) < 4.78 is 30.2. The van der Waals surface area contributed by atoms with Gasteiger partial charge in [-0.15, -0.1) is 0 Å². The van der Waals surface area contributed by atoms with Gasteiger partial charge in [0, 0.05) is 63.0 Å². The van der Waals surface area contributed by atoms with Crippen LogP contribution >= 0.6 is 0 Å². The van der Waals surface area contributed by atoms with Crippen LogP contribution in [0.3, 0.4) is 0 Å². The van der Waals surface area contributed by atoms with Crippen molar-refractivity contribution in [2.45, 2.75) is 37.6 Å². The number of rotatable bonds is 14. The van der Waals surface area contributed by atoms with Gasteiger partial charge in [-0.25, -0.2) is 9.37 Å². The number of carbonyl (C=O) groups excluding carboxylic acids is 1. The van der Waals surface area contributed by atoms with Gasteiger partial charge in [0.05, 0.1) is 32.4 Å². The third-order valence-corrected chi connectivity index (χ3v) is 9.53. The smallest absolute Gasteiger partial charge is 0.253 e. The zero-order valence-corrected chi connectivity index (χ0v) is 29.1. The van der Waals surface area contributed by atoms with Gasteiger partial charge in [-0.05, 0) is 78.9 Å². The van der Waals surface area contributed by atoms with Crippen LogP contribution < -0.4 is 19.5 Å². The van der Waals surface area contributed by atoms with E-state index in [1.54, 1.807) is 30.3 Å². The second-order valence-corrected chi connectivity index (χ2v) is 12.8. The van der Waals surface area contributed by atoms with Crippen molar-refractivity contribution >= 4 is 22.9 Å². The Bertz CT molecular complexity index is 1850. The van der Waals surface area contributed by atoms with E-state index in [9.17, 15) is 9.18 Å². The number of likely N-dealkylation sites (tertiary alicyclic amines) is 1. The number of para-hydroxylation sites is 1. The number of pyridine rings is 1. The third kappa shape index (κ3) is 8.16. The number of nitrogens with zero attached hydrogens (tertiary/aromatic N) is 4. The first kappa shape index (κ1) is 34.7. The van der Waals surface area contributed by atoms with E-state index in [0.717, 1.165) is 73.4 Å². The summed E-state index contributed by atoms with van der Waals surface area (Å²) in [6.45, 7) is 3.22. The summed E-state index contributed by atoms with van der Waals surface area (Å²) in [5.41, 5.74) is 5.76. The number of aromatic nitrogens is 3. The Balaban J connectivity index is 1.07. The Morgan fingerprint density at radius 1 is 1.02 bits per heavy atom. The Morgan fingerprint density at radius 3 is 2.42 bits per heavy atom. The summed E-state index contributed by atoms with van der Waals surface area (Å²) >= 11 is 0. The topological polar surface area (TPSA) is 105 Å². The second kappa shape index (κ2) is 16.0.